The Kier molecular flexibility index (Phi) is 6.90. The molecule has 1 rings (SSSR count). The summed E-state index contributed by atoms with van der Waals surface area (Å²) in [6.07, 6.45) is 0.908. The molecule has 0 saturated carbocycles. The number of thioether (sulfide) groups is 1. The lowest BCUT2D eigenvalue weighted by Crippen LogP contribution is -2.05. The number of ether oxygens (including phenoxy) is 1. The second kappa shape index (κ2) is 8.26. The van der Waals surface area contributed by atoms with Gasteiger partial charge in [0.2, 0.25) is 5.13 Å². The maximum absolute atomic E-state index is 10.4. The van der Waals surface area contributed by atoms with Crippen molar-refractivity contribution in [2.45, 2.75) is 17.7 Å². The van der Waals surface area contributed by atoms with E-state index in [-0.39, 0.29) is 5.75 Å². The van der Waals surface area contributed by atoms with Crippen LogP contribution >= 0.6 is 23.1 Å². The smallest absolute Gasteiger partial charge is 0.313 e. The highest BCUT2D eigenvalue weighted by Gasteiger charge is 2.06. The zero-order chi connectivity index (χ0) is 12.5. The summed E-state index contributed by atoms with van der Waals surface area (Å²) in [6.45, 7) is 4.19. The van der Waals surface area contributed by atoms with E-state index in [1.54, 1.807) is 0 Å². The average Bonchev–Trinajstić information content (AvgIpc) is 2.74. The van der Waals surface area contributed by atoms with Gasteiger partial charge in [-0.15, -0.1) is 10.2 Å². The monoisotopic (exact) mass is 277 g/mol. The van der Waals surface area contributed by atoms with Crippen LogP contribution in [0.4, 0.5) is 5.13 Å². The molecule has 0 aliphatic rings. The summed E-state index contributed by atoms with van der Waals surface area (Å²) in [7, 11) is 0. The summed E-state index contributed by atoms with van der Waals surface area (Å²) in [6, 6.07) is 0. The largest absolute Gasteiger partial charge is 0.481 e. The Morgan fingerprint density at radius 1 is 1.59 bits per heavy atom. The lowest BCUT2D eigenvalue weighted by Gasteiger charge is -2.01. The van der Waals surface area contributed by atoms with Crippen molar-refractivity contribution in [1.29, 1.82) is 0 Å². The fourth-order valence-electron chi connectivity index (χ4n) is 0.977. The van der Waals surface area contributed by atoms with Gasteiger partial charge in [0, 0.05) is 19.8 Å². The molecule has 0 radical (unpaired) electrons. The Morgan fingerprint density at radius 3 is 3.12 bits per heavy atom. The summed E-state index contributed by atoms with van der Waals surface area (Å²) >= 11 is 2.54. The molecule has 0 saturated heterocycles. The molecule has 0 amide bonds. The second-order valence-electron chi connectivity index (χ2n) is 3.03. The first-order chi connectivity index (χ1) is 8.22. The minimum absolute atomic E-state index is 0.0129. The number of carbonyl (C=O) groups is 1. The number of nitrogens with one attached hydrogen (secondary N) is 1. The summed E-state index contributed by atoms with van der Waals surface area (Å²) in [5.41, 5.74) is 0. The molecule has 17 heavy (non-hydrogen) atoms. The fourth-order valence-corrected chi connectivity index (χ4v) is 2.47. The fraction of sp³-hybridized carbons (Fsp3) is 0.667. The molecule has 0 fully saturated rings. The van der Waals surface area contributed by atoms with E-state index in [9.17, 15) is 4.79 Å². The second-order valence-corrected chi connectivity index (χ2v) is 5.23. The minimum atomic E-state index is -0.851. The molecular weight excluding hydrogens is 262 g/mol. The maximum atomic E-state index is 10.4. The summed E-state index contributed by atoms with van der Waals surface area (Å²) in [5.74, 6) is -0.838. The third-order valence-electron chi connectivity index (χ3n) is 1.67. The molecule has 1 heterocycles. The highest BCUT2D eigenvalue weighted by atomic mass is 32.2. The summed E-state index contributed by atoms with van der Waals surface area (Å²) in [5, 5.41) is 20.1. The van der Waals surface area contributed by atoms with E-state index in [2.05, 4.69) is 15.5 Å². The van der Waals surface area contributed by atoms with Crippen LogP contribution in [-0.4, -0.2) is 46.8 Å². The number of aromatic nitrogens is 2. The van der Waals surface area contributed by atoms with E-state index >= 15 is 0 Å². The van der Waals surface area contributed by atoms with Gasteiger partial charge in [0.15, 0.2) is 4.34 Å². The first-order valence-corrected chi connectivity index (χ1v) is 7.02. The molecule has 0 unspecified atom stereocenters. The average molecular weight is 277 g/mol. The summed E-state index contributed by atoms with van der Waals surface area (Å²) < 4.78 is 5.87. The number of rotatable bonds is 9. The number of nitrogens with zero attached hydrogens (tertiary/aromatic N) is 2. The SMILES string of the molecule is CCOCCCNc1nnc(SCC(=O)O)s1. The normalized spacial score (nSPS) is 10.4. The molecule has 2 N–H and O–H groups in total. The number of carboxylic acid groups (broad SMARTS) is 1. The molecule has 0 aliphatic carbocycles. The summed E-state index contributed by atoms with van der Waals surface area (Å²) in [4.78, 5) is 10.4. The number of carboxylic acids is 1. The first kappa shape index (κ1) is 14.2. The molecule has 6 nitrogen and oxygen atoms in total. The Morgan fingerprint density at radius 2 is 2.41 bits per heavy atom. The van der Waals surface area contributed by atoms with Crippen LogP contribution in [0.5, 0.6) is 0 Å². The highest BCUT2D eigenvalue weighted by Crippen LogP contribution is 2.24. The van der Waals surface area contributed by atoms with Crippen LogP contribution in [-0.2, 0) is 9.53 Å². The van der Waals surface area contributed by atoms with Gasteiger partial charge in [-0.05, 0) is 13.3 Å². The lowest BCUT2D eigenvalue weighted by atomic mass is 10.4. The molecule has 96 valence electrons. The molecule has 1 aromatic heterocycles. The van der Waals surface area contributed by atoms with Crippen molar-refractivity contribution < 1.29 is 14.6 Å². The van der Waals surface area contributed by atoms with Crippen molar-refractivity contribution in [3.63, 3.8) is 0 Å². The molecule has 0 bridgehead atoms. The van der Waals surface area contributed by atoms with Crippen molar-refractivity contribution in [1.82, 2.24) is 10.2 Å². The van der Waals surface area contributed by atoms with E-state index < -0.39 is 5.97 Å². The third kappa shape index (κ3) is 6.44. The van der Waals surface area contributed by atoms with Crippen LogP contribution in [0.1, 0.15) is 13.3 Å². The van der Waals surface area contributed by atoms with Crippen molar-refractivity contribution in [2.75, 3.05) is 30.8 Å². The zero-order valence-corrected chi connectivity index (χ0v) is 11.1. The first-order valence-electron chi connectivity index (χ1n) is 5.22. The van der Waals surface area contributed by atoms with Gasteiger partial charge >= 0.3 is 5.97 Å². The molecule has 0 atom stereocenters. The topological polar surface area (TPSA) is 84.3 Å². The minimum Gasteiger partial charge on any atom is -0.481 e. The molecule has 0 aliphatic heterocycles. The maximum Gasteiger partial charge on any atom is 0.313 e. The van der Waals surface area contributed by atoms with Gasteiger partial charge in [-0.3, -0.25) is 4.79 Å². The molecule has 8 heteroatoms. The Labute approximate surface area is 108 Å². The zero-order valence-electron chi connectivity index (χ0n) is 9.51. The van der Waals surface area contributed by atoms with Crippen LogP contribution in [0.15, 0.2) is 4.34 Å². The van der Waals surface area contributed by atoms with Crippen LogP contribution in [0.25, 0.3) is 0 Å². The van der Waals surface area contributed by atoms with E-state index in [4.69, 9.17) is 9.84 Å². The van der Waals surface area contributed by atoms with Crippen LogP contribution in [0.3, 0.4) is 0 Å². The Hall–Kier alpha value is -0.860. The van der Waals surface area contributed by atoms with Crippen LogP contribution < -0.4 is 5.32 Å². The van der Waals surface area contributed by atoms with Gasteiger partial charge in [-0.2, -0.15) is 0 Å². The van der Waals surface area contributed by atoms with Gasteiger partial charge in [0.1, 0.15) is 0 Å². The van der Waals surface area contributed by atoms with E-state index in [1.165, 1.54) is 23.1 Å². The predicted molar refractivity (Wildman–Crippen MR) is 67.9 cm³/mol. The highest BCUT2D eigenvalue weighted by molar-refractivity contribution is 8.01. The van der Waals surface area contributed by atoms with Crippen LogP contribution in [0.2, 0.25) is 0 Å². The Balaban J connectivity index is 2.19. The number of aliphatic carboxylic acids is 1. The lowest BCUT2D eigenvalue weighted by molar-refractivity contribution is -0.133. The Bertz CT molecular complexity index is 346. The number of anilines is 1. The van der Waals surface area contributed by atoms with Crippen LogP contribution in [0, 0.1) is 0 Å². The van der Waals surface area contributed by atoms with E-state index in [1.807, 2.05) is 6.92 Å². The van der Waals surface area contributed by atoms with Crippen molar-refractivity contribution in [2.24, 2.45) is 0 Å². The van der Waals surface area contributed by atoms with Crippen molar-refractivity contribution in [3.8, 4) is 0 Å². The number of hydrogen-bond acceptors (Lipinski definition) is 7. The number of hydrogen-bond donors (Lipinski definition) is 2. The van der Waals surface area contributed by atoms with Crippen molar-refractivity contribution >= 4 is 34.2 Å². The standard InChI is InChI=1S/C9H15N3O3S2/c1-2-15-5-3-4-10-8-11-12-9(17-8)16-6-7(13)14/h2-6H2,1H3,(H,10,11)(H,13,14). The van der Waals surface area contributed by atoms with Gasteiger partial charge in [-0.1, -0.05) is 23.1 Å². The van der Waals surface area contributed by atoms with Gasteiger partial charge in [0.25, 0.3) is 0 Å². The molecular formula is C9H15N3O3S2. The molecule has 0 spiro atoms. The molecule has 0 aromatic carbocycles. The van der Waals surface area contributed by atoms with E-state index in [0.717, 1.165) is 31.3 Å². The third-order valence-corrected chi connectivity index (χ3v) is 3.67. The quantitative estimate of drug-likeness (QED) is 0.523. The van der Waals surface area contributed by atoms with Gasteiger partial charge in [-0.25, -0.2) is 0 Å². The van der Waals surface area contributed by atoms with Gasteiger partial charge in [0.05, 0.1) is 5.75 Å². The van der Waals surface area contributed by atoms with Crippen molar-refractivity contribution in [3.05, 3.63) is 0 Å². The molecule has 1 aromatic rings. The van der Waals surface area contributed by atoms with Gasteiger partial charge < -0.3 is 15.2 Å². The van der Waals surface area contributed by atoms with E-state index in [0.29, 0.717) is 4.34 Å². The predicted octanol–water partition coefficient (Wildman–Crippen LogP) is 1.55.